The SMILES string of the molecule is O=c1[nH]c(CN/N=C/c2ccc([N+](=O)[O-])cc2)nc2ccccc12. The van der Waals surface area contributed by atoms with Gasteiger partial charge >= 0.3 is 0 Å². The molecular formula is C16H13N5O3. The zero-order valence-corrected chi connectivity index (χ0v) is 12.5. The fourth-order valence-electron chi connectivity index (χ4n) is 2.14. The van der Waals surface area contributed by atoms with Crippen molar-refractivity contribution in [1.29, 1.82) is 0 Å². The number of para-hydroxylation sites is 1. The van der Waals surface area contributed by atoms with Gasteiger partial charge in [0, 0.05) is 12.1 Å². The van der Waals surface area contributed by atoms with Crippen molar-refractivity contribution in [3.8, 4) is 0 Å². The van der Waals surface area contributed by atoms with Crippen LogP contribution in [0.2, 0.25) is 0 Å². The Morgan fingerprint density at radius 2 is 1.96 bits per heavy atom. The first-order valence-corrected chi connectivity index (χ1v) is 7.12. The summed E-state index contributed by atoms with van der Waals surface area (Å²) in [7, 11) is 0. The highest BCUT2D eigenvalue weighted by atomic mass is 16.6. The molecule has 0 saturated carbocycles. The Morgan fingerprint density at radius 3 is 2.71 bits per heavy atom. The van der Waals surface area contributed by atoms with Gasteiger partial charge in [-0.2, -0.15) is 5.10 Å². The van der Waals surface area contributed by atoms with Crippen LogP contribution in [0, 0.1) is 10.1 Å². The van der Waals surface area contributed by atoms with Gasteiger partial charge in [0.1, 0.15) is 5.82 Å². The van der Waals surface area contributed by atoms with Crippen molar-refractivity contribution in [2.45, 2.75) is 6.54 Å². The molecule has 1 aromatic heterocycles. The first-order chi connectivity index (χ1) is 11.6. The molecule has 0 spiro atoms. The largest absolute Gasteiger partial charge is 0.308 e. The third-order valence-corrected chi connectivity index (χ3v) is 3.32. The van der Waals surface area contributed by atoms with Crippen LogP contribution in [0.4, 0.5) is 5.69 Å². The summed E-state index contributed by atoms with van der Waals surface area (Å²) in [5.41, 5.74) is 3.95. The van der Waals surface area contributed by atoms with Crippen molar-refractivity contribution in [3.05, 3.63) is 80.4 Å². The summed E-state index contributed by atoms with van der Waals surface area (Å²) < 4.78 is 0. The van der Waals surface area contributed by atoms with Crippen LogP contribution in [0.1, 0.15) is 11.4 Å². The molecule has 2 N–H and O–H groups in total. The molecule has 24 heavy (non-hydrogen) atoms. The molecule has 0 atom stereocenters. The minimum absolute atomic E-state index is 0.0260. The number of aromatic nitrogens is 2. The Balaban J connectivity index is 1.65. The second-order valence-corrected chi connectivity index (χ2v) is 4.97. The molecule has 0 aliphatic carbocycles. The second kappa shape index (κ2) is 6.69. The minimum Gasteiger partial charge on any atom is -0.308 e. The van der Waals surface area contributed by atoms with Crippen LogP contribution in [-0.4, -0.2) is 21.1 Å². The van der Waals surface area contributed by atoms with Gasteiger partial charge in [0.15, 0.2) is 0 Å². The Kier molecular flexibility index (Phi) is 4.28. The summed E-state index contributed by atoms with van der Waals surface area (Å²) in [4.78, 5) is 29.1. The highest BCUT2D eigenvalue weighted by molar-refractivity contribution is 5.79. The minimum atomic E-state index is -0.457. The van der Waals surface area contributed by atoms with Crippen molar-refractivity contribution in [2.75, 3.05) is 0 Å². The molecule has 8 heteroatoms. The average Bonchev–Trinajstić information content (AvgIpc) is 2.59. The Bertz CT molecular complexity index is 963. The number of H-pyrrole nitrogens is 1. The predicted octanol–water partition coefficient (Wildman–Crippen LogP) is 1.95. The zero-order valence-electron chi connectivity index (χ0n) is 12.5. The van der Waals surface area contributed by atoms with Crippen LogP contribution in [0.25, 0.3) is 10.9 Å². The quantitative estimate of drug-likeness (QED) is 0.423. The summed E-state index contributed by atoms with van der Waals surface area (Å²) in [5.74, 6) is 0.472. The number of rotatable bonds is 5. The number of fused-ring (bicyclic) bond motifs is 1. The van der Waals surface area contributed by atoms with E-state index in [0.717, 1.165) is 0 Å². The second-order valence-electron chi connectivity index (χ2n) is 4.97. The van der Waals surface area contributed by atoms with Gasteiger partial charge in [-0.15, -0.1) is 0 Å². The number of benzene rings is 2. The maximum absolute atomic E-state index is 11.9. The van der Waals surface area contributed by atoms with Crippen molar-refractivity contribution in [2.24, 2.45) is 5.10 Å². The molecule has 0 saturated heterocycles. The summed E-state index contributed by atoms with van der Waals surface area (Å²) >= 11 is 0. The van der Waals surface area contributed by atoms with Crippen molar-refractivity contribution >= 4 is 22.8 Å². The van der Waals surface area contributed by atoms with Crippen molar-refractivity contribution in [3.63, 3.8) is 0 Å². The van der Waals surface area contributed by atoms with Crippen LogP contribution in [0.15, 0.2) is 58.4 Å². The van der Waals surface area contributed by atoms with E-state index >= 15 is 0 Å². The van der Waals surface area contributed by atoms with E-state index in [9.17, 15) is 14.9 Å². The average molecular weight is 323 g/mol. The van der Waals surface area contributed by atoms with Gasteiger partial charge in [-0.1, -0.05) is 12.1 Å². The zero-order chi connectivity index (χ0) is 16.9. The van der Waals surface area contributed by atoms with E-state index < -0.39 is 4.92 Å². The molecule has 3 rings (SSSR count). The maximum atomic E-state index is 11.9. The molecule has 8 nitrogen and oxygen atoms in total. The number of nitrogens with zero attached hydrogens (tertiary/aromatic N) is 3. The summed E-state index contributed by atoms with van der Waals surface area (Å²) in [5, 5.41) is 15.1. The fraction of sp³-hybridized carbons (Fsp3) is 0.0625. The topological polar surface area (TPSA) is 113 Å². The first kappa shape index (κ1) is 15.3. The van der Waals surface area contributed by atoms with E-state index in [-0.39, 0.29) is 17.8 Å². The predicted molar refractivity (Wildman–Crippen MR) is 89.9 cm³/mol. The number of hydrogen-bond acceptors (Lipinski definition) is 6. The van der Waals surface area contributed by atoms with Gasteiger partial charge in [0.25, 0.3) is 11.2 Å². The van der Waals surface area contributed by atoms with E-state index in [1.165, 1.54) is 18.3 Å². The monoisotopic (exact) mass is 323 g/mol. The highest BCUT2D eigenvalue weighted by Crippen LogP contribution is 2.10. The van der Waals surface area contributed by atoms with E-state index in [2.05, 4.69) is 20.5 Å². The lowest BCUT2D eigenvalue weighted by molar-refractivity contribution is -0.384. The summed E-state index contributed by atoms with van der Waals surface area (Å²) in [6, 6.07) is 13.1. The number of nitro benzene ring substituents is 1. The van der Waals surface area contributed by atoms with E-state index in [0.29, 0.717) is 22.3 Å². The van der Waals surface area contributed by atoms with Crippen LogP contribution in [0.3, 0.4) is 0 Å². The maximum Gasteiger partial charge on any atom is 0.269 e. The van der Waals surface area contributed by atoms with Crippen LogP contribution in [-0.2, 0) is 6.54 Å². The van der Waals surface area contributed by atoms with Gasteiger partial charge in [-0.3, -0.25) is 14.9 Å². The smallest absolute Gasteiger partial charge is 0.269 e. The molecule has 120 valence electrons. The molecule has 0 fully saturated rings. The molecular weight excluding hydrogens is 310 g/mol. The van der Waals surface area contributed by atoms with E-state index in [4.69, 9.17) is 0 Å². The lowest BCUT2D eigenvalue weighted by Gasteiger charge is -2.02. The van der Waals surface area contributed by atoms with Crippen LogP contribution >= 0.6 is 0 Å². The number of nitro groups is 1. The lowest BCUT2D eigenvalue weighted by atomic mass is 10.2. The highest BCUT2D eigenvalue weighted by Gasteiger charge is 2.03. The van der Waals surface area contributed by atoms with Gasteiger partial charge in [-0.25, -0.2) is 4.98 Å². The third-order valence-electron chi connectivity index (χ3n) is 3.32. The van der Waals surface area contributed by atoms with E-state index in [1.54, 1.807) is 30.3 Å². The molecule has 0 amide bonds. The summed E-state index contributed by atoms with van der Waals surface area (Å²) in [6.07, 6.45) is 1.53. The molecule has 0 aliphatic heterocycles. The number of hydrazone groups is 1. The number of non-ortho nitro benzene ring substituents is 1. The molecule has 2 aromatic carbocycles. The number of hydrogen-bond donors (Lipinski definition) is 2. The normalized spacial score (nSPS) is 11.0. The number of aromatic amines is 1. The molecule has 0 bridgehead atoms. The third kappa shape index (κ3) is 3.43. The van der Waals surface area contributed by atoms with Gasteiger partial charge in [-0.05, 0) is 29.8 Å². The number of nitrogens with one attached hydrogen (secondary N) is 2. The van der Waals surface area contributed by atoms with Gasteiger partial charge in [0.2, 0.25) is 0 Å². The van der Waals surface area contributed by atoms with Crippen LogP contribution in [0.5, 0.6) is 0 Å². The van der Waals surface area contributed by atoms with Crippen molar-refractivity contribution in [1.82, 2.24) is 15.4 Å². The lowest BCUT2D eigenvalue weighted by Crippen LogP contribution is -2.16. The van der Waals surface area contributed by atoms with Gasteiger partial charge in [0.05, 0.1) is 28.6 Å². The molecule has 0 radical (unpaired) electrons. The van der Waals surface area contributed by atoms with Crippen molar-refractivity contribution < 1.29 is 4.92 Å². The standard InChI is InChI=1S/C16H13N5O3/c22-16-13-3-1-2-4-14(13)19-15(20-16)10-18-17-9-11-5-7-12(8-6-11)21(23)24/h1-9,18H,10H2,(H,19,20,22)/b17-9+. The van der Waals surface area contributed by atoms with E-state index in [1.807, 2.05) is 6.07 Å². The molecule has 3 aromatic rings. The first-order valence-electron chi connectivity index (χ1n) is 7.12. The Hall–Kier alpha value is -3.55. The Labute approximate surface area is 136 Å². The summed E-state index contributed by atoms with van der Waals surface area (Å²) in [6.45, 7) is 0.254. The van der Waals surface area contributed by atoms with Gasteiger partial charge < -0.3 is 10.4 Å². The fourth-order valence-corrected chi connectivity index (χ4v) is 2.14. The van der Waals surface area contributed by atoms with Crippen LogP contribution < -0.4 is 11.0 Å². The molecule has 1 heterocycles. The molecule has 0 aliphatic rings. The molecule has 0 unspecified atom stereocenters. The Morgan fingerprint density at radius 1 is 1.21 bits per heavy atom.